The Labute approximate surface area is 122 Å². The van der Waals surface area contributed by atoms with Gasteiger partial charge < -0.3 is 9.84 Å². The SMILES string of the molecule is Oc1cccc(C2([SiH2]c3ccccc3)CCCCO2)c1. The van der Waals surface area contributed by atoms with E-state index >= 15 is 0 Å². The molecule has 1 unspecified atom stereocenters. The predicted octanol–water partition coefficient (Wildman–Crippen LogP) is 2.24. The summed E-state index contributed by atoms with van der Waals surface area (Å²) in [7, 11) is -0.612. The van der Waals surface area contributed by atoms with Crippen molar-refractivity contribution in [2.24, 2.45) is 0 Å². The molecule has 2 nitrogen and oxygen atoms in total. The van der Waals surface area contributed by atoms with E-state index in [-0.39, 0.29) is 5.22 Å². The molecule has 0 saturated carbocycles. The zero-order chi connectivity index (χ0) is 13.8. The molecule has 0 amide bonds. The molecule has 3 heteroatoms. The Morgan fingerprint density at radius 2 is 1.85 bits per heavy atom. The van der Waals surface area contributed by atoms with Gasteiger partial charge in [-0.25, -0.2) is 0 Å². The van der Waals surface area contributed by atoms with E-state index in [2.05, 4.69) is 36.4 Å². The Morgan fingerprint density at radius 3 is 2.55 bits per heavy atom. The molecular weight excluding hydrogens is 264 g/mol. The molecule has 0 bridgehead atoms. The number of hydrogen-bond donors (Lipinski definition) is 1. The number of rotatable bonds is 3. The van der Waals surface area contributed by atoms with E-state index in [1.165, 1.54) is 11.6 Å². The number of ether oxygens (including phenoxy) is 1. The highest BCUT2D eigenvalue weighted by Crippen LogP contribution is 2.35. The van der Waals surface area contributed by atoms with E-state index in [0.29, 0.717) is 5.75 Å². The van der Waals surface area contributed by atoms with Crippen LogP contribution in [0.3, 0.4) is 0 Å². The van der Waals surface area contributed by atoms with Gasteiger partial charge >= 0.3 is 0 Å². The minimum atomic E-state index is -0.612. The Balaban J connectivity index is 1.96. The first-order valence-electron chi connectivity index (χ1n) is 7.26. The smallest absolute Gasteiger partial charge is 0.115 e. The standard InChI is InChI=1S/C17H20O2Si/c18-15-8-6-7-14(13-15)17(11-4-5-12-19-17)20-16-9-2-1-3-10-16/h1-3,6-10,13,18H,4-5,11-12,20H2. The third kappa shape index (κ3) is 2.79. The Morgan fingerprint density at radius 1 is 1.00 bits per heavy atom. The first kappa shape index (κ1) is 13.4. The highest BCUT2D eigenvalue weighted by Gasteiger charge is 2.35. The van der Waals surface area contributed by atoms with Crippen LogP contribution in [0.2, 0.25) is 0 Å². The maximum absolute atomic E-state index is 9.78. The largest absolute Gasteiger partial charge is 0.508 e. The second kappa shape index (κ2) is 5.81. The summed E-state index contributed by atoms with van der Waals surface area (Å²) in [6.07, 6.45) is 3.41. The molecule has 1 aliphatic rings. The van der Waals surface area contributed by atoms with Gasteiger partial charge in [0.05, 0.1) is 14.7 Å². The van der Waals surface area contributed by atoms with E-state index in [1.54, 1.807) is 6.07 Å². The van der Waals surface area contributed by atoms with E-state index in [0.717, 1.165) is 25.0 Å². The maximum Gasteiger partial charge on any atom is 0.115 e. The molecule has 0 aliphatic carbocycles. The molecule has 1 atom stereocenters. The normalized spacial score (nSPS) is 23.2. The van der Waals surface area contributed by atoms with Gasteiger partial charge in [-0.05, 0) is 37.0 Å². The minimum Gasteiger partial charge on any atom is -0.508 e. The molecule has 2 aromatic carbocycles. The molecular formula is C17H20O2Si. The summed E-state index contributed by atoms with van der Waals surface area (Å²) in [4.78, 5) is 0. The van der Waals surface area contributed by atoms with Crippen molar-refractivity contribution in [3.05, 3.63) is 60.2 Å². The van der Waals surface area contributed by atoms with Crippen LogP contribution in [0.25, 0.3) is 0 Å². The monoisotopic (exact) mass is 284 g/mol. The second-order valence-corrected chi connectivity index (χ2v) is 7.82. The fraction of sp³-hybridized carbons (Fsp3) is 0.294. The molecule has 3 rings (SSSR count). The van der Waals surface area contributed by atoms with Crippen LogP contribution in [0, 0.1) is 0 Å². The van der Waals surface area contributed by atoms with Crippen molar-refractivity contribution in [1.82, 2.24) is 0 Å². The number of hydrogen-bond acceptors (Lipinski definition) is 2. The van der Waals surface area contributed by atoms with E-state index in [1.807, 2.05) is 12.1 Å². The van der Waals surface area contributed by atoms with Gasteiger partial charge in [0.15, 0.2) is 0 Å². The third-order valence-corrected chi connectivity index (χ3v) is 6.47. The summed E-state index contributed by atoms with van der Waals surface area (Å²) in [6, 6.07) is 18.3. The quantitative estimate of drug-likeness (QED) is 0.876. The first-order chi connectivity index (χ1) is 9.78. The van der Waals surface area contributed by atoms with Crippen LogP contribution in [-0.2, 0) is 9.96 Å². The van der Waals surface area contributed by atoms with Gasteiger partial charge in [0, 0.05) is 6.61 Å². The lowest BCUT2D eigenvalue weighted by atomic mass is 10.00. The Bertz CT molecular complexity index is 562. The van der Waals surface area contributed by atoms with Crippen molar-refractivity contribution >= 4 is 14.7 Å². The summed E-state index contributed by atoms with van der Waals surface area (Å²) in [5, 5.41) is 11.0. The van der Waals surface area contributed by atoms with Crippen molar-refractivity contribution in [2.75, 3.05) is 6.61 Å². The highest BCUT2D eigenvalue weighted by molar-refractivity contribution is 6.56. The zero-order valence-electron chi connectivity index (χ0n) is 11.6. The van der Waals surface area contributed by atoms with Crippen molar-refractivity contribution in [2.45, 2.75) is 24.5 Å². The lowest BCUT2D eigenvalue weighted by molar-refractivity contribution is -0.0229. The molecule has 0 aromatic heterocycles. The van der Waals surface area contributed by atoms with Crippen molar-refractivity contribution < 1.29 is 9.84 Å². The molecule has 1 heterocycles. The summed E-state index contributed by atoms with van der Waals surface area (Å²) in [6.45, 7) is 0.829. The Hall–Kier alpha value is -1.58. The molecule has 0 radical (unpaired) electrons. The van der Waals surface area contributed by atoms with Crippen LogP contribution in [0.4, 0.5) is 0 Å². The van der Waals surface area contributed by atoms with Gasteiger partial charge in [-0.3, -0.25) is 0 Å². The maximum atomic E-state index is 9.78. The van der Waals surface area contributed by atoms with Crippen LogP contribution in [0.15, 0.2) is 54.6 Å². The van der Waals surface area contributed by atoms with Gasteiger partial charge in [-0.1, -0.05) is 47.7 Å². The molecule has 20 heavy (non-hydrogen) atoms. The van der Waals surface area contributed by atoms with Gasteiger partial charge in [-0.15, -0.1) is 0 Å². The van der Waals surface area contributed by atoms with Crippen LogP contribution in [0.1, 0.15) is 24.8 Å². The highest BCUT2D eigenvalue weighted by atomic mass is 28.2. The van der Waals surface area contributed by atoms with Crippen LogP contribution in [-0.4, -0.2) is 21.2 Å². The molecule has 0 spiro atoms. The van der Waals surface area contributed by atoms with Crippen molar-refractivity contribution in [3.63, 3.8) is 0 Å². The number of phenolic OH excluding ortho intramolecular Hbond substituents is 1. The summed E-state index contributed by atoms with van der Waals surface area (Å²) >= 11 is 0. The molecule has 1 fully saturated rings. The lowest BCUT2D eigenvalue weighted by Crippen LogP contribution is -2.44. The average molecular weight is 284 g/mol. The van der Waals surface area contributed by atoms with Crippen LogP contribution >= 0.6 is 0 Å². The van der Waals surface area contributed by atoms with Crippen LogP contribution < -0.4 is 5.19 Å². The predicted molar refractivity (Wildman–Crippen MR) is 84.2 cm³/mol. The fourth-order valence-electron chi connectivity index (χ4n) is 3.04. The fourth-order valence-corrected chi connectivity index (χ4v) is 5.30. The van der Waals surface area contributed by atoms with Crippen molar-refractivity contribution in [3.8, 4) is 5.75 Å². The topological polar surface area (TPSA) is 29.5 Å². The summed E-state index contributed by atoms with van der Waals surface area (Å²) in [5.74, 6) is 0.332. The number of benzene rings is 2. The molecule has 1 N–H and O–H groups in total. The third-order valence-electron chi connectivity index (χ3n) is 4.06. The van der Waals surface area contributed by atoms with Crippen molar-refractivity contribution in [1.29, 1.82) is 0 Å². The summed E-state index contributed by atoms with van der Waals surface area (Å²) < 4.78 is 6.26. The second-order valence-electron chi connectivity index (χ2n) is 5.51. The average Bonchev–Trinajstić information content (AvgIpc) is 2.49. The zero-order valence-corrected chi connectivity index (χ0v) is 13.0. The van der Waals surface area contributed by atoms with Gasteiger partial charge in [0.1, 0.15) is 5.75 Å². The number of aromatic hydroxyl groups is 1. The molecule has 2 aromatic rings. The van der Waals surface area contributed by atoms with Crippen LogP contribution in [0.5, 0.6) is 5.75 Å². The lowest BCUT2D eigenvalue weighted by Gasteiger charge is -2.38. The van der Waals surface area contributed by atoms with E-state index < -0.39 is 9.52 Å². The molecule has 1 aliphatic heterocycles. The number of phenols is 1. The van der Waals surface area contributed by atoms with Gasteiger partial charge in [0.2, 0.25) is 0 Å². The first-order valence-corrected chi connectivity index (χ1v) is 8.67. The summed E-state index contributed by atoms with van der Waals surface area (Å²) in [5.41, 5.74) is 1.15. The molecule has 104 valence electrons. The van der Waals surface area contributed by atoms with E-state index in [4.69, 9.17) is 4.74 Å². The van der Waals surface area contributed by atoms with E-state index in [9.17, 15) is 5.11 Å². The minimum absolute atomic E-state index is 0.154. The Kier molecular flexibility index (Phi) is 3.90. The van der Waals surface area contributed by atoms with Gasteiger partial charge in [0.25, 0.3) is 0 Å². The molecule has 1 saturated heterocycles. The van der Waals surface area contributed by atoms with Gasteiger partial charge in [-0.2, -0.15) is 0 Å².